The zero-order valence-electron chi connectivity index (χ0n) is 39.9. The average Bonchev–Trinajstić information content (AvgIpc) is 3.89. The molecule has 4 atom stereocenters. The number of halogens is 5. The Morgan fingerprint density at radius 1 is 0.849 bits per heavy atom. The van der Waals surface area contributed by atoms with Crippen LogP contribution in [0.15, 0.2) is 91.1 Å². The van der Waals surface area contributed by atoms with Crippen LogP contribution in [0.5, 0.6) is 0 Å². The van der Waals surface area contributed by atoms with Crippen LogP contribution in [0.4, 0.5) is 38.1 Å². The molecule has 3 unspecified atom stereocenters. The van der Waals surface area contributed by atoms with E-state index in [-0.39, 0.29) is 61.5 Å². The molecule has 2 heterocycles. The number of anilines is 2. The number of aliphatic hydroxyl groups is 1. The number of rotatable bonds is 20. The molecule has 3 aromatic carbocycles. The highest BCUT2D eigenvalue weighted by atomic mass is 19.4. The van der Waals surface area contributed by atoms with Crippen LogP contribution >= 0.6 is 0 Å². The molecule has 0 aliphatic carbocycles. The number of carbonyl (C=O) groups excluding carboxylic acids is 7. The standard InChI is InChI=1S/C46H54F2N10O8.C2HF3O2/c1-27(42(63)55-35(11-8-21-51-45(50)66)44(65)53-30-13-15-31(16-14-30)58-37(60)18-19-38(58)61)52-43(64)34(49)20-22-57(39(62)26-59)40(46(2,3)4)41-54-36(32-23-29(47)12-17-33(32)48)25-56(41)24-28-9-6-5-7-10-28;3-2(4,5)1(6)7/h5-7,9-10,12-19,23,25,27,34-35,40,59H,8,11,20-22,24,26,49H2,1-4H3,(H,52,64)(H,53,65)(H,55,63)(H3,50,51,66);(H,6,7)/t27?,34?,35-,40?;/m0./s1. The highest BCUT2D eigenvalue weighted by molar-refractivity contribution is 6.28. The summed E-state index contributed by atoms with van der Waals surface area (Å²) in [6.07, 6.45) is -1.15. The lowest BCUT2D eigenvalue weighted by molar-refractivity contribution is -0.192. The SMILES string of the molecule is CC(NC(=O)C(N)CCN(C(=O)CO)C(c1nc(-c2cc(F)ccc2F)cn1Cc1ccccc1)C(C)(C)C)C(=O)N[C@@H](CCCNC(N)=O)C(=O)Nc1ccc(N2C(=O)C=CC2=O)cc1.O=C(O)C(F)(F)F. The van der Waals surface area contributed by atoms with Gasteiger partial charge in [-0.15, -0.1) is 0 Å². The normalized spacial score (nSPS) is 14.0. The van der Waals surface area contributed by atoms with Gasteiger partial charge in [0.1, 0.15) is 36.1 Å². The number of nitrogens with zero attached hydrogens (tertiary/aromatic N) is 4. The molecule has 0 saturated carbocycles. The van der Waals surface area contributed by atoms with Gasteiger partial charge in [0.2, 0.25) is 23.6 Å². The van der Waals surface area contributed by atoms with E-state index in [9.17, 15) is 56.2 Å². The molecular weight excluding hydrogens is 972 g/mol. The molecule has 5 rings (SSSR count). The van der Waals surface area contributed by atoms with Crippen LogP contribution in [0.3, 0.4) is 0 Å². The van der Waals surface area contributed by atoms with Crippen molar-refractivity contribution in [3.8, 4) is 11.3 Å². The molecule has 8 amide bonds. The third kappa shape index (κ3) is 16.5. The summed E-state index contributed by atoms with van der Waals surface area (Å²) < 4.78 is 63.0. The van der Waals surface area contributed by atoms with Crippen molar-refractivity contribution in [2.75, 3.05) is 29.9 Å². The predicted molar refractivity (Wildman–Crippen MR) is 253 cm³/mol. The summed E-state index contributed by atoms with van der Waals surface area (Å²) in [7, 11) is 0. The van der Waals surface area contributed by atoms with Gasteiger partial charge in [-0.1, -0.05) is 51.1 Å². The summed E-state index contributed by atoms with van der Waals surface area (Å²) in [5, 5.41) is 27.5. The fraction of sp³-hybridized carbons (Fsp3) is 0.354. The molecule has 4 aromatic rings. The maximum atomic E-state index is 15.1. The van der Waals surface area contributed by atoms with Crippen LogP contribution in [0.25, 0.3) is 11.3 Å². The Bertz CT molecular complexity index is 2660. The second kappa shape index (κ2) is 25.4. The second-order valence-electron chi connectivity index (χ2n) is 17.5. The van der Waals surface area contributed by atoms with Crippen molar-refractivity contribution in [2.24, 2.45) is 16.9 Å². The number of carboxylic acid groups (broad SMARTS) is 1. The van der Waals surface area contributed by atoms with Crippen molar-refractivity contribution in [1.29, 1.82) is 0 Å². The number of hydrogen-bond donors (Lipinski definition) is 8. The van der Waals surface area contributed by atoms with Crippen LogP contribution in [0.2, 0.25) is 0 Å². The molecule has 20 nitrogen and oxygen atoms in total. The molecule has 0 spiro atoms. The number of carboxylic acids is 1. The molecule has 0 bridgehead atoms. The summed E-state index contributed by atoms with van der Waals surface area (Å²) in [4.78, 5) is 105. The first-order valence-corrected chi connectivity index (χ1v) is 22.3. The van der Waals surface area contributed by atoms with Gasteiger partial charge >= 0.3 is 18.2 Å². The molecule has 392 valence electrons. The van der Waals surface area contributed by atoms with E-state index in [4.69, 9.17) is 26.4 Å². The monoisotopic (exact) mass is 1030 g/mol. The van der Waals surface area contributed by atoms with E-state index in [2.05, 4.69) is 21.3 Å². The van der Waals surface area contributed by atoms with E-state index >= 15 is 4.39 Å². The topological polar surface area (TPSA) is 301 Å². The number of imidazole rings is 1. The molecule has 25 heteroatoms. The van der Waals surface area contributed by atoms with Crippen molar-refractivity contribution in [3.63, 3.8) is 0 Å². The van der Waals surface area contributed by atoms with Crippen LogP contribution in [-0.2, 0) is 40.1 Å². The number of nitrogens with two attached hydrogens (primary N) is 2. The lowest BCUT2D eigenvalue weighted by Crippen LogP contribution is -2.54. The number of aromatic nitrogens is 2. The lowest BCUT2D eigenvalue weighted by Gasteiger charge is -2.40. The van der Waals surface area contributed by atoms with E-state index in [0.717, 1.165) is 40.8 Å². The van der Waals surface area contributed by atoms with Crippen molar-refractivity contribution in [2.45, 2.75) is 83.8 Å². The van der Waals surface area contributed by atoms with Gasteiger partial charge in [0, 0.05) is 49.2 Å². The Morgan fingerprint density at radius 3 is 2.03 bits per heavy atom. The number of carbonyl (C=O) groups is 8. The number of imide groups is 1. The maximum Gasteiger partial charge on any atom is 0.490 e. The van der Waals surface area contributed by atoms with Gasteiger partial charge in [0.25, 0.3) is 11.8 Å². The number of benzene rings is 3. The first kappa shape index (κ1) is 57.5. The number of nitrogens with one attached hydrogen (secondary N) is 4. The lowest BCUT2D eigenvalue weighted by atomic mass is 9.84. The Balaban J connectivity index is 0.00000153. The van der Waals surface area contributed by atoms with E-state index in [1.54, 1.807) is 10.8 Å². The van der Waals surface area contributed by atoms with Gasteiger partial charge in [-0.2, -0.15) is 13.2 Å². The van der Waals surface area contributed by atoms with E-state index in [1.807, 2.05) is 51.1 Å². The Labute approximate surface area is 415 Å². The minimum Gasteiger partial charge on any atom is -0.475 e. The summed E-state index contributed by atoms with van der Waals surface area (Å²) >= 11 is 0. The first-order valence-electron chi connectivity index (χ1n) is 22.3. The summed E-state index contributed by atoms with van der Waals surface area (Å²) in [5.41, 5.74) is 12.1. The zero-order chi connectivity index (χ0) is 54.4. The highest BCUT2D eigenvalue weighted by Gasteiger charge is 2.40. The van der Waals surface area contributed by atoms with Gasteiger partial charge in [-0.05, 0) is 79.6 Å². The Kier molecular flexibility index (Phi) is 20.0. The van der Waals surface area contributed by atoms with Crippen LogP contribution in [0.1, 0.15) is 64.4 Å². The highest BCUT2D eigenvalue weighted by Crippen LogP contribution is 2.40. The number of alkyl halides is 3. The largest absolute Gasteiger partial charge is 0.490 e. The van der Waals surface area contributed by atoms with Crippen LogP contribution in [0, 0.1) is 17.0 Å². The third-order valence-electron chi connectivity index (χ3n) is 10.9. The van der Waals surface area contributed by atoms with Crippen molar-refractivity contribution in [3.05, 3.63) is 114 Å². The quantitative estimate of drug-likeness (QED) is 0.0358. The van der Waals surface area contributed by atoms with Gasteiger partial charge in [0.15, 0.2) is 0 Å². The molecule has 0 fully saturated rings. The molecular formula is C48H55F5N10O10. The average molecular weight is 1030 g/mol. The maximum absolute atomic E-state index is 15.1. The van der Waals surface area contributed by atoms with Gasteiger partial charge in [-0.25, -0.2) is 28.3 Å². The number of aliphatic hydroxyl groups excluding tert-OH is 1. The molecule has 1 aliphatic rings. The van der Waals surface area contributed by atoms with E-state index in [0.29, 0.717) is 5.82 Å². The van der Waals surface area contributed by atoms with Crippen molar-refractivity contribution in [1.82, 2.24) is 30.4 Å². The summed E-state index contributed by atoms with van der Waals surface area (Å²) in [5.74, 6) is -7.78. The van der Waals surface area contributed by atoms with E-state index < -0.39 is 101 Å². The van der Waals surface area contributed by atoms with Gasteiger partial charge < -0.3 is 52.4 Å². The molecule has 1 aromatic heterocycles. The smallest absolute Gasteiger partial charge is 0.475 e. The molecule has 0 saturated heterocycles. The molecule has 73 heavy (non-hydrogen) atoms. The Morgan fingerprint density at radius 2 is 1.47 bits per heavy atom. The van der Waals surface area contributed by atoms with Gasteiger partial charge in [-0.3, -0.25) is 28.8 Å². The minimum absolute atomic E-state index is 0.0322. The molecule has 10 N–H and O–H groups in total. The first-order chi connectivity index (χ1) is 34.2. The second-order valence-corrected chi connectivity index (χ2v) is 17.5. The summed E-state index contributed by atoms with van der Waals surface area (Å²) in [6, 6.07) is 12.8. The van der Waals surface area contributed by atoms with E-state index in [1.165, 1.54) is 36.1 Å². The number of urea groups is 1. The Hall–Kier alpha value is -8.06. The third-order valence-corrected chi connectivity index (χ3v) is 10.9. The van der Waals surface area contributed by atoms with Gasteiger partial charge in [0.05, 0.1) is 23.5 Å². The number of amides is 8. The zero-order valence-corrected chi connectivity index (χ0v) is 39.9. The minimum atomic E-state index is -5.08. The number of primary amides is 1. The van der Waals surface area contributed by atoms with Crippen molar-refractivity contribution >= 4 is 58.8 Å². The van der Waals surface area contributed by atoms with Crippen LogP contribution < -0.4 is 37.6 Å². The van der Waals surface area contributed by atoms with Crippen LogP contribution in [-0.4, -0.2) is 116 Å². The summed E-state index contributed by atoms with van der Waals surface area (Å²) in [6.45, 7) is 6.12. The predicted octanol–water partition coefficient (Wildman–Crippen LogP) is 3.64. The fourth-order valence-electron chi connectivity index (χ4n) is 7.32. The number of aliphatic carboxylic acids is 1. The fourth-order valence-corrected chi connectivity index (χ4v) is 7.32. The van der Waals surface area contributed by atoms with Crippen molar-refractivity contribution < 1.29 is 70.5 Å². The molecule has 1 aliphatic heterocycles. The number of hydrogen-bond acceptors (Lipinski definition) is 11. The molecule has 0 radical (unpaired) electrons.